The van der Waals surface area contributed by atoms with E-state index in [1.54, 1.807) is 30.9 Å². The Kier molecular flexibility index (Phi) is 8.38. The number of likely N-dealkylation sites (N-methyl/N-ethyl adjacent to an activating group) is 1. The average molecular weight is 440 g/mol. The summed E-state index contributed by atoms with van der Waals surface area (Å²) in [6.07, 6.45) is 2.56. The molecule has 0 aliphatic rings. The molecule has 0 aliphatic carbocycles. The summed E-state index contributed by atoms with van der Waals surface area (Å²) in [6.45, 7) is 8.00. The maximum absolute atomic E-state index is 12.3. The number of esters is 1. The van der Waals surface area contributed by atoms with Crippen LogP contribution < -0.4 is 0 Å². The topological polar surface area (TPSA) is 29.5 Å². The summed E-state index contributed by atoms with van der Waals surface area (Å²) in [5.41, 5.74) is 1.27. The van der Waals surface area contributed by atoms with Crippen molar-refractivity contribution in [3.05, 3.63) is 87.9 Å². The number of carbonyl (C=O) groups excluding carboxylic acids is 1. The van der Waals surface area contributed by atoms with Crippen LogP contribution in [0.2, 0.25) is 15.1 Å². The number of carbonyl (C=O) groups is 1. The minimum absolute atomic E-state index is 0.168. The van der Waals surface area contributed by atoms with Gasteiger partial charge in [-0.15, -0.1) is 6.58 Å². The van der Waals surface area contributed by atoms with Crippen LogP contribution in [0, 0.1) is 6.61 Å². The van der Waals surface area contributed by atoms with Gasteiger partial charge in [0.15, 0.2) is 6.61 Å². The molecule has 3 nitrogen and oxygen atoms in total. The van der Waals surface area contributed by atoms with Crippen molar-refractivity contribution in [3.8, 4) is 0 Å². The highest BCUT2D eigenvalue weighted by Gasteiger charge is 2.32. The average Bonchev–Trinajstić information content (AvgIpc) is 2.65. The molecule has 6 heteroatoms. The Labute approximate surface area is 181 Å². The van der Waals surface area contributed by atoms with Crippen molar-refractivity contribution in [2.24, 2.45) is 0 Å². The molecule has 2 aromatic carbocycles. The molecular weight excluding hydrogens is 417 g/mol. The van der Waals surface area contributed by atoms with Gasteiger partial charge in [0.1, 0.15) is 0 Å². The highest BCUT2D eigenvalue weighted by molar-refractivity contribution is 6.42. The van der Waals surface area contributed by atoms with Crippen molar-refractivity contribution in [2.45, 2.75) is 25.3 Å². The van der Waals surface area contributed by atoms with Gasteiger partial charge in [-0.2, -0.15) is 0 Å². The Morgan fingerprint density at radius 1 is 1.11 bits per heavy atom. The standard InChI is InChI=1S/C22H23Cl3NO2/c1-4-11-26(3)22(2,14-17-7-10-19(24)20(25)12-17)15-28-21(27)13-16-5-8-18(23)9-6-16/h4-10,12,15H,1,11,13-14H2,2-3H3/t22-/m0/s1. The van der Waals surface area contributed by atoms with Gasteiger partial charge in [-0.1, -0.05) is 59.1 Å². The molecule has 0 fully saturated rings. The first-order valence-electron chi connectivity index (χ1n) is 8.78. The van der Waals surface area contributed by atoms with Crippen LogP contribution in [0.1, 0.15) is 18.1 Å². The molecule has 0 bridgehead atoms. The van der Waals surface area contributed by atoms with E-state index >= 15 is 0 Å². The lowest BCUT2D eigenvalue weighted by Gasteiger charge is -2.37. The van der Waals surface area contributed by atoms with Gasteiger partial charge in [-0.05, 0) is 55.8 Å². The SMILES string of the molecule is C=CCN(C)[C@](C)([CH]OC(=O)Cc1ccc(Cl)cc1)Cc1ccc(Cl)c(Cl)c1. The lowest BCUT2D eigenvalue weighted by Crippen LogP contribution is -2.47. The van der Waals surface area contributed by atoms with Crippen molar-refractivity contribution in [3.63, 3.8) is 0 Å². The van der Waals surface area contributed by atoms with Crippen LogP contribution in [-0.2, 0) is 22.4 Å². The lowest BCUT2D eigenvalue weighted by atomic mass is 9.92. The smallest absolute Gasteiger partial charge is 0.310 e. The predicted octanol–water partition coefficient (Wildman–Crippen LogP) is 6.01. The first-order chi connectivity index (χ1) is 13.2. The van der Waals surface area contributed by atoms with Gasteiger partial charge in [0.05, 0.1) is 22.0 Å². The summed E-state index contributed by atoms with van der Waals surface area (Å²) < 4.78 is 5.50. The van der Waals surface area contributed by atoms with Gasteiger partial charge in [0.25, 0.3) is 0 Å². The van der Waals surface area contributed by atoms with E-state index in [4.69, 9.17) is 39.5 Å². The second-order valence-electron chi connectivity index (χ2n) is 6.86. The molecule has 0 amide bonds. The van der Waals surface area contributed by atoms with Crippen molar-refractivity contribution >= 4 is 40.8 Å². The highest BCUT2D eigenvalue weighted by atomic mass is 35.5. The molecule has 0 aromatic heterocycles. The van der Waals surface area contributed by atoms with Gasteiger partial charge in [-0.25, -0.2) is 0 Å². The fourth-order valence-corrected chi connectivity index (χ4v) is 3.18. The van der Waals surface area contributed by atoms with Crippen LogP contribution in [0.25, 0.3) is 0 Å². The fraction of sp³-hybridized carbons (Fsp3) is 0.273. The zero-order valence-electron chi connectivity index (χ0n) is 15.9. The molecule has 0 unspecified atom stereocenters. The number of nitrogens with zero attached hydrogens (tertiary/aromatic N) is 1. The molecule has 0 saturated carbocycles. The lowest BCUT2D eigenvalue weighted by molar-refractivity contribution is -0.141. The van der Waals surface area contributed by atoms with Gasteiger partial charge in [0, 0.05) is 11.6 Å². The quantitative estimate of drug-likeness (QED) is 0.354. The summed E-state index contributed by atoms with van der Waals surface area (Å²) >= 11 is 18.0. The van der Waals surface area contributed by atoms with Crippen LogP contribution in [0.5, 0.6) is 0 Å². The molecule has 0 heterocycles. The third-order valence-electron chi connectivity index (χ3n) is 4.53. The van der Waals surface area contributed by atoms with Gasteiger partial charge >= 0.3 is 5.97 Å². The second-order valence-corrected chi connectivity index (χ2v) is 8.11. The Morgan fingerprint density at radius 3 is 2.36 bits per heavy atom. The van der Waals surface area contributed by atoms with Crippen molar-refractivity contribution < 1.29 is 9.53 Å². The fourth-order valence-electron chi connectivity index (χ4n) is 2.73. The molecule has 28 heavy (non-hydrogen) atoms. The van der Waals surface area contributed by atoms with Crippen LogP contribution in [-0.4, -0.2) is 30.0 Å². The van der Waals surface area contributed by atoms with Crippen LogP contribution in [0.15, 0.2) is 55.1 Å². The number of ether oxygens (including phenoxy) is 1. The van der Waals surface area contributed by atoms with Crippen molar-refractivity contribution in [1.29, 1.82) is 0 Å². The van der Waals surface area contributed by atoms with Gasteiger partial charge in [-0.3, -0.25) is 9.69 Å². The summed E-state index contributed by atoms with van der Waals surface area (Å²) in [7, 11) is 1.95. The zero-order valence-corrected chi connectivity index (χ0v) is 18.2. The van der Waals surface area contributed by atoms with Gasteiger partial charge < -0.3 is 4.74 Å². The van der Waals surface area contributed by atoms with Crippen LogP contribution in [0.4, 0.5) is 0 Å². The van der Waals surface area contributed by atoms with E-state index < -0.39 is 5.54 Å². The minimum Gasteiger partial charge on any atom is -0.456 e. The van der Waals surface area contributed by atoms with E-state index in [0.717, 1.165) is 11.1 Å². The van der Waals surface area contributed by atoms with E-state index in [9.17, 15) is 4.79 Å². The summed E-state index contributed by atoms with van der Waals surface area (Å²) in [4.78, 5) is 14.4. The molecule has 149 valence electrons. The van der Waals surface area contributed by atoms with Gasteiger partial charge in [0.2, 0.25) is 0 Å². The van der Waals surface area contributed by atoms with Crippen molar-refractivity contribution in [2.75, 3.05) is 13.6 Å². The number of hydrogen-bond acceptors (Lipinski definition) is 3. The molecular formula is C22H23Cl3NO2. The molecule has 1 radical (unpaired) electrons. The normalized spacial score (nSPS) is 13.2. The van der Waals surface area contributed by atoms with E-state index in [1.165, 1.54) is 0 Å². The molecule has 0 aliphatic heterocycles. The molecule has 0 spiro atoms. The summed E-state index contributed by atoms with van der Waals surface area (Å²) in [5.74, 6) is -0.338. The summed E-state index contributed by atoms with van der Waals surface area (Å²) in [6, 6.07) is 12.6. The second kappa shape index (κ2) is 10.3. The van der Waals surface area contributed by atoms with Crippen LogP contribution in [0.3, 0.4) is 0 Å². The number of benzene rings is 2. The van der Waals surface area contributed by atoms with E-state index in [-0.39, 0.29) is 12.4 Å². The Hall–Kier alpha value is -1.52. The monoisotopic (exact) mass is 438 g/mol. The van der Waals surface area contributed by atoms with Crippen molar-refractivity contribution in [1.82, 2.24) is 4.90 Å². The largest absolute Gasteiger partial charge is 0.456 e. The minimum atomic E-state index is -0.555. The van der Waals surface area contributed by atoms with E-state index in [2.05, 4.69) is 11.5 Å². The molecule has 0 N–H and O–H groups in total. The number of halogens is 3. The highest BCUT2D eigenvalue weighted by Crippen LogP contribution is 2.28. The molecule has 2 aromatic rings. The molecule has 1 atom stereocenters. The maximum atomic E-state index is 12.3. The first-order valence-corrected chi connectivity index (χ1v) is 9.91. The number of rotatable bonds is 9. The Bertz CT molecular complexity index is 823. The molecule has 0 saturated heterocycles. The summed E-state index contributed by atoms with van der Waals surface area (Å²) in [5, 5.41) is 1.63. The molecule has 2 rings (SSSR count). The van der Waals surface area contributed by atoms with E-state index in [1.807, 2.05) is 38.2 Å². The zero-order chi connectivity index (χ0) is 20.7. The predicted molar refractivity (Wildman–Crippen MR) is 117 cm³/mol. The van der Waals surface area contributed by atoms with Crippen LogP contribution >= 0.6 is 34.8 Å². The van der Waals surface area contributed by atoms with E-state index in [0.29, 0.717) is 28.0 Å². The first kappa shape index (κ1) is 22.8. The third-order valence-corrected chi connectivity index (χ3v) is 5.52. The maximum Gasteiger partial charge on any atom is 0.310 e. The number of hydrogen-bond donors (Lipinski definition) is 0. The Morgan fingerprint density at radius 2 is 1.75 bits per heavy atom. The third kappa shape index (κ3) is 6.52. The Balaban J connectivity index is 2.08.